The van der Waals surface area contributed by atoms with Crippen LogP contribution in [0.2, 0.25) is 0 Å². The van der Waals surface area contributed by atoms with Gasteiger partial charge in [-0.05, 0) is 84.6 Å². The number of esters is 1. The van der Waals surface area contributed by atoms with E-state index in [2.05, 4.69) is 26.0 Å². The third-order valence-electron chi connectivity index (χ3n) is 10.8. The van der Waals surface area contributed by atoms with Gasteiger partial charge in [0.2, 0.25) is 0 Å². The molecule has 4 aliphatic carbocycles. The van der Waals surface area contributed by atoms with E-state index in [1.165, 1.54) is 6.07 Å². The molecule has 2 aromatic carbocycles. The number of ketones is 2. The van der Waals surface area contributed by atoms with Crippen molar-refractivity contribution in [2.75, 3.05) is 0 Å². The number of carbonyl (C=O) groups excluding carboxylic acids is 3. The van der Waals surface area contributed by atoms with E-state index in [1.54, 1.807) is 25.1 Å². The SMILES string of the molecule is C[C@]12CCC(=O)C=C1C=C[C@@H]1[C@@H]2CC[C@]2(C)C(=O)[C@](C)(OC(=O)Cc3ccccc3F)[C@@H](c3ccccc3)C[C@@H]12. The molecular formula is C35H37FO4. The lowest BCUT2D eigenvalue weighted by atomic mass is 9.43. The van der Waals surface area contributed by atoms with Crippen molar-refractivity contribution < 1.29 is 23.5 Å². The van der Waals surface area contributed by atoms with Crippen LogP contribution in [-0.2, 0) is 25.5 Å². The van der Waals surface area contributed by atoms with Crippen LogP contribution in [0.15, 0.2) is 78.4 Å². The van der Waals surface area contributed by atoms with Crippen molar-refractivity contribution in [1.29, 1.82) is 0 Å². The van der Waals surface area contributed by atoms with E-state index in [-0.39, 0.29) is 46.7 Å². The number of halogens is 1. The molecule has 7 atom stereocenters. The molecule has 0 spiro atoms. The number of allylic oxidation sites excluding steroid dienone is 4. The average molecular weight is 541 g/mol. The van der Waals surface area contributed by atoms with Crippen LogP contribution in [0.3, 0.4) is 0 Å². The number of benzene rings is 2. The molecule has 0 aromatic heterocycles. The number of Topliss-reactive ketones (excluding diaryl/α,β-unsaturated/α-hetero) is 1. The molecule has 2 saturated carbocycles. The minimum Gasteiger partial charge on any atom is -0.450 e. The molecule has 0 saturated heterocycles. The quantitative estimate of drug-likeness (QED) is 0.394. The van der Waals surface area contributed by atoms with E-state index in [9.17, 15) is 18.8 Å². The number of hydrogen-bond acceptors (Lipinski definition) is 4. The Morgan fingerprint density at radius 3 is 2.42 bits per heavy atom. The topological polar surface area (TPSA) is 60.4 Å². The summed E-state index contributed by atoms with van der Waals surface area (Å²) in [5.41, 5.74) is 0.250. The zero-order valence-electron chi connectivity index (χ0n) is 23.5. The van der Waals surface area contributed by atoms with E-state index in [0.717, 1.165) is 24.0 Å². The van der Waals surface area contributed by atoms with E-state index in [0.29, 0.717) is 25.2 Å². The van der Waals surface area contributed by atoms with E-state index in [1.807, 2.05) is 36.4 Å². The molecule has 0 unspecified atom stereocenters. The van der Waals surface area contributed by atoms with E-state index >= 15 is 0 Å². The van der Waals surface area contributed by atoms with Gasteiger partial charge >= 0.3 is 5.97 Å². The highest BCUT2D eigenvalue weighted by Gasteiger charge is 2.65. The molecule has 0 aliphatic heterocycles. The molecular weight excluding hydrogens is 503 g/mol. The Morgan fingerprint density at radius 2 is 1.68 bits per heavy atom. The Balaban J connectivity index is 1.37. The van der Waals surface area contributed by atoms with Gasteiger partial charge in [-0.25, -0.2) is 4.39 Å². The molecule has 4 nitrogen and oxygen atoms in total. The first kappa shape index (κ1) is 26.9. The van der Waals surface area contributed by atoms with Crippen molar-refractivity contribution in [2.24, 2.45) is 28.6 Å². The van der Waals surface area contributed by atoms with Crippen LogP contribution in [0.5, 0.6) is 0 Å². The van der Waals surface area contributed by atoms with Gasteiger partial charge in [0.05, 0.1) is 6.42 Å². The highest BCUT2D eigenvalue weighted by atomic mass is 19.1. The van der Waals surface area contributed by atoms with Crippen molar-refractivity contribution in [3.63, 3.8) is 0 Å². The summed E-state index contributed by atoms with van der Waals surface area (Å²) in [5.74, 6) is -0.590. The van der Waals surface area contributed by atoms with Crippen molar-refractivity contribution in [2.45, 2.75) is 70.8 Å². The number of carbonyl (C=O) groups is 3. The van der Waals surface area contributed by atoms with Crippen LogP contribution in [0.25, 0.3) is 0 Å². The van der Waals surface area contributed by atoms with Gasteiger partial charge in [-0.3, -0.25) is 14.4 Å². The molecule has 208 valence electrons. The Labute approximate surface area is 235 Å². The van der Waals surface area contributed by atoms with Crippen LogP contribution in [-0.4, -0.2) is 23.1 Å². The summed E-state index contributed by atoms with van der Waals surface area (Å²) >= 11 is 0. The zero-order valence-corrected chi connectivity index (χ0v) is 23.5. The fourth-order valence-corrected chi connectivity index (χ4v) is 8.57. The van der Waals surface area contributed by atoms with E-state index < -0.39 is 22.8 Å². The zero-order chi connectivity index (χ0) is 28.3. The first-order chi connectivity index (χ1) is 19.1. The van der Waals surface area contributed by atoms with Gasteiger partial charge in [0.15, 0.2) is 17.2 Å². The van der Waals surface area contributed by atoms with Crippen LogP contribution < -0.4 is 0 Å². The summed E-state index contributed by atoms with van der Waals surface area (Å²) in [6.07, 6.45) is 9.69. The van der Waals surface area contributed by atoms with Crippen molar-refractivity contribution in [3.05, 3.63) is 95.3 Å². The van der Waals surface area contributed by atoms with Gasteiger partial charge in [0.25, 0.3) is 0 Å². The molecule has 4 aliphatic rings. The third kappa shape index (κ3) is 4.12. The summed E-state index contributed by atoms with van der Waals surface area (Å²) in [5, 5.41) is 0. The standard InChI is InChI=1S/C35H37FO4/c1-33-17-15-25(37)20-24(33)13-14-26-27(33)16-18-34(2)29(26)21-28(22-9-5-4-6-10-22)35(3,32(34)39)40-31(38)19-23-11-7-8-12-30(23)36/h4-14,20,26-29H,15-19,21H2,1-3H3/t26-,27+,28-,29+,33+,34+,35-/m1/s1. The molecule has 6 rings (SSSR count). The van der Waals surface area contributed by atoms with Gasteiger partial charge < -0.3 is 4.74 Å². The lowest BCUT2D eigenvalue weighted by Crippen LogP contribution is -2.63. The Hall–Kier alpha value is -3.34. The number of fused-ring (bicyclic) bond motifs is 5. The van der Waals surface area contributed by atoms with Gasteiger partial charge in [-0.1, -0.05) is 74.5 Å². The second-order valence-corrected chi connectivity index (χ2v) is 13.0. The van der Waals surface area contributed by atoms with E-state index in [4.69, 9.17) is 4.74 Å². The highest BCUT2D eigenvalue weighted by molar-refractivity contribution is 5.96. The minimum atomic E-state index is -1.37. The maximum absolute atomic E-state index is 14.7. The first-order valence-electron chi connectivity index (χ1n) is 14.5. The summed E-state index contributed by atoms with van der Waals surface area (Å²) in [6, 6.07) is 16.1. The summed E-state index contributed by atoms with van der Waals surface area (Å²) in [7, 11) is 0. The second kappa shape index (κ2) is 9.64. The lowest BCUT2D eigenvalue weighted by molar-refractivity contribution is -0.187. The van der Waals surface area contributed by atoms with Crippen molar-refractivity contribution in [1.82, 2.24) is 0 Å². The maximum Gasteiger partial charge on any atom is 0.311 e. The average Bonchev–Trinajstić information content (AvgIpc) is 2.93. The molecule has 40 heavy (non-hydrogen) atoms. The minimum absolute atomic E-state index is 0.0378. The second-order valence-electron chi connectivity index (χ2n) is 13.0. The molecule has 0 N–H and O–H groups in total. The van der Waals surface area contributed by atoms with Crippen LogP contribution in [0.1, 0.15) is 69.9 Å². The molecule has 0 bridgehead atoms. The predicted molar refractivity (Wildman–Crippen MR) is 151 cm³/mol. The highest BCUT2D eigenvalue weighted by Crippen LogP contribution is 2.64. The lowest BCUT2D eigenvalue weighted by Gasteiger charge is -2.60. The molecule has 0 heterocycles. The first-order valence-corrected chi connectivity index (χ1v) is 14.5. The number of ether oxygens (including phenoxy) is 1. The monoisotopic (exact) mass is 540 g/mol. The normalized spacial score (nSPS) is 36.6. The third-order valence-corrected chi connectivity index (χ3v) is 10.8. The fourth-order valence-electron chi connectivity index (χ4n) is 8.57. The Morgan fingerprint density at radius 1 is 0.950 bits per heavy atom. The number of hydrogen-bond donors (Lipinski definition) is 0. The van der Waals surface area contributed by atoms with Gasteiger partial charge in [-0.15, -0.1) is 0 Å². The molecule has 0 amide bonds. The summed E-state index contributed by atoms with van der Waals surface area (Å²) in [4.78, 5) is 40.2. The number of rotatable bonds is 4. The maximum atomic E-state index is 14.7. The predicted octanol–water partition coefficient (Wildman–Crippen LogP) is 6.94. The summed E-state index contributed by atoms with van der Waals surface area (Å²) < 4.78 is 20.5. The van der Waals surface area contributed by atoms with Crippen molar-refractivity contribution in [3.8, 4) is 0 Å². The summed E-state index contributed by atoms with van der Waals surface area (Å²) in [6.45, 7) is 6.13. The molecule has 5 heteroatoms. The largest absolute Gasteiger partial charge is 0.450 e. The Bertz CT molecular complexity index is 1430. The Kier molecular flexibility index (Phi) is 6.47. The fraction of sp³-hybridized carbons (Fsp3) is 0.457. The van der Waals surface area contributed by atoms with Crippen LogP contribution in [0, 0.1) is 34.4 Å². The van der Waals surface area contributed by atoms with Gasteiger partial charge in [-0.2, -0.15) is 0 Å². The molecule has 2 aromatic rings. The van der Waals surface area contributed by atoms with Gasteiger partial charge in [0.1, 0.15) is 5.82 Å². The smallest absolute Gasteiger partial charge is 0.311 e. The van der Waals surface area contributed by atoms with Gasteiger partial charge in [0, 0.05) is 17.8 Å². The molecule has 0 radical (unpaired) electrons. The molecule has 2 fully saturated rings. The van der Waals surface area contributed by atoms with Crippen LogP contribution >= 0.6 is 0 Å². The van der Waals surface area contributed by atoms with Crippen LogP contribution in [0.4, 0.5) is 4.39 Å². The van der Waals surface area contributed by atoms with Crippen molar-refractivity contribution >= 4 is 17.5 Å².